The number of hydrogen-bond donors (Lipinski definition) is 5. The SMILES string of the molecule is C#C.CC(C)C(N)c1noc(CNC(=O)NC(C(=O)O)C(C)O)n1.CC=O. The predicted molar refractivity (Wildman–Crippen MR) is 96.2 cm³/mol. The molecule has 3 atom stereocenters. The van der Waals surface area contributed by atoms with E-state index in [1.807, 2.05) is 13.8 Å². The van der Waals surface area contributed by atoms with Crippen LogP contribution in [0.2, 0.25) is 0 Å². The highest BCUT2D eigenvalue weighted by molar-refractivity contribution is 5.82. The molecule has 6 N–H and O–H groups in total. The zero-order valence-electron chi connectivity index (χ0n) is 15.7. The molecule has 0 radical (unpaired) electrons. The highest BCUT2D eigenvalue weighted by Crippen LogP contribution is 2.15. The van der Waals surface area contributed by atoms with Crippen molar-refractivity contribution in [3.8, 4) is 12.8 Å². The lowest BCUT2D eigenvalue weighted by Gasteiger charge is -2.16. The first-order chi connectivity index (χ1) is 12.6. The largest absolute Gasteiger partial charge is 0.480 e. The topological polar surface area (TPSA) is 181 Å². The van der Waals surface area contributed by atoms with E-state index in [4.69, 9.17) is 20.2 Å². The molecule has 0 aromatic carbocycles. The minimum atomic E-state index is -1.41. The van der Waals surface area contributed by atoms with Crippen LogP contribution in [0.4, 0.5) is 4.79 Å². The molecule has 0 aliphatic heterocycles. The molecule has 11 nitrogen and oxygen atoms in total. The number of hydrogen-bond acceptors (Lipinski definition) is 8. The second kappa shape index (κ2) is 14.2. The van der Waals surface area contributed by atoms with Crippen LogP contribution in [0, 0.1) is 18.8 Å². The molecular weight excluding hydrogens is 358 g/mol. The first kappa shape index (κ1) is 26.3. The van der Waals surface area contributed by atoms with E-state index in [0.29, 0.717) is 5.82 Å². The molecule has 0 saturated carbocycles. The van der Waals surface area contributed by atoms with Gasteiger partial charge in [0.25, 0.3) is 0 Å². The van der Waals surface area contributed by atoms with Gasteiger partial charge in [-0.25, -0.2) is 9.59 Å². The Bertz CT molecular complexity index is 599. The summed E-state index contributed by atoms with van der Waals surface area (Å²) >= 11 is 0. The monoisotopic (exact) mass is 385 g/mol. The zero-order chi connectivity index (χ0) is 21.6. The van der Waals surface area contributed by atoms with Crippen LogP contribution in [0.25, 0.3) is 0 Å². The summed E-state index contributed by atoms with van der Waals surface area (Å²) < 4.78 is 4.94. The number of carbonyl (C=O) groups excluding carboxylic acids is 2. The van der Waals surface area contributed by atoms with Crippen LogP contribution in [-0.4, -0.2) is 50.8 Å². The number of nitrogens with two attached hydrogens (primary N) is 1. The molecule has 1 heterocycles. The zero-order valence-corrected chi connectivity index (χ0v) is 15.7. The average molecular weight is 385 g/mol. The Labute approximate surface area is 157 Å². The number of aliphatic carboxylic acids is 1. The van der Waals surface area contributed by atoms with Crippen molar-refractivity contribution in [1.82, 2.24) is 20.8 Å². The third-order valence-corrected chi connectivity index (χ3v) is 2.94. The van der Waals surface area contributed by atoms with Gasteiger partial charge in [0.2, 0.25) is 5.89 Å². The first-order valence-electron chi connectivity index (χ1n) is 7.90. The Hall–Kier alpha value is -2.97. The fourth-order valence-electron chi connectivity index (χ4n) is 1.51. The summed E-state index contributed by atoms with van der Waals surface area (Å²) in [5.74, 6) is -0.734. The minimum absolute atomic E-state index is 0.0875. The number of aliphatic hydroxyl groups is 1. The van der Waals surface area contributed by atoms with Crippen LogP contribution < -0.4 is 16.4 Å². The van der Waals surface area contributed by atoms with E-state index >= 15 is 0 Å². The van der Waals surface area contributed by atoms with E-state index in [1.165, 1.54) is 13.8 Å². The molecule has 0 bridgehead atoms. The molecular formula is C16H27N5O6. The van der Waals surface area contributed by atoms with E-state index < -0.39 is 24.1 Å². The molecule has 152 valence electrons. The van der Waals surface area contributed by atoms with Gasteiger partial charge in [-0.05, 0) is 19.8 Å². The van der Waals surface area contributed by atoms with Crippen LogP contribution in [0.5, 0.6) is 0 Å². The maximum Gasteiger partial charge on any atom is 0.328 e. The van der Waals surface area contributed by atoms with Gasteiger partial charge in [0.1, 0.15) is 6.29 Å². The van der Waals surface area contributed by atoms with Gasteiger partial charge in [-0.15, -0.1) is 12.8 Å². The molecule has 0 fully saturated rings. The lowest BCUT2D eigenvalue weighted by Crippen LogP contribution is -2.51. The van der Waals surface area contributed by atoms with Crippen LogP contribution in [-0.2, 0) is 16.1 Å². The average Bonchev–Trinajstić information content (AvgIpc) is 3.08. The number of urea groups is 1. The smallest absolute Gasteiger partial charge is 0.328 e. The molecule has 0 aliphatic carbocycles. The first-order valence-corrected chi connectivity index (χ1v) is 7.90. The maximum absolute atomic E-state index is 11.6. The molecule has 11 heteroatoms. The quantitative estimate of drug-likeness (QED) is 0.314. The van der Waals surface area contributed by atoms with E-state index in [-0.39, 0.29) is 24.4 Å². The lowest BCUT2D eigenvalue weighted by atomic mass is 10.1. The van der Waals surface area contributed by atoms with Crippen LogP contribution in [0.3, 0.4) is 0 Å². The third kappa shape index (κ3) is 10.6. The van der Waals surface area contributed by atoms with Gasteiger partial charge in [-0.2, -0.15) is 4.98 Å². The molecule has 2 amide bonds. The van der Waals surface area contributed by atoms with Gasteiger partial charge >= 0.3 is 12.0 Å². The van der Waals surface area contributed by atoms with Crippen LogP contribution in [0.1, 0.15) is 45.5 Å². The second-order valence-corrected chi connectivity index (χ2v) is 5.44. The van der Waals surface area contributed by atoms with Crippen LogP contribution in [0.15, 0.2) is 4.52 Å². The number of aldehydes is 1. The molecule has 1 aromatic heterocycles. The number of nitrogens with one attached hydrogen (secondary N) is 2. The van der Waals surface area contributed by atoms with Crippen molar-refractivity contribution >= 4 is 18.3 Å². The number of amides is 2. The Morgan fingerprint density at radius 1 is 1.33 bits per heavy atom. The molecule has 0 saturated heterocycles. The Morgan fingerprint density at radius 3 is 2.26 bits per heavy atom. The van der Waals surface area contributed by atoms with E-state index in [2.05, 4.69) is 33.6 Å². The van der Waals surface area contributed by atoms with Crippen LogP contribution >= 0.6 is 0 Å². The number of terminal acetylenes is 1. The van der Waals surface area contributed by atoms with Crippen molar-refractivity contribution < 1.29 is 29.1 Å². The molecule has 0 aliphatic rings. The van der Waals surface area contributed by atoms with Crippen molar-refractivity contribution in [2.75, 3.05) is 0 Å². The third-order valence-electron chi connectivity index (χ3n) is 2.94. The van der Waals surface area contributed by atoms with Gasteiger partial charge in [0.15, 0.2) is 11.9 Å². The van der Waals surface area contributed by atoms with Crippen molar-refractivity contribution in [1.29, 1.82) is 0 Å². The highest BCUT2D eigenvalue weighted by Gasteiger charge is 2.25. The van der Waals surface area contributed by atoms with Gasteiger partial charge in [-0.3, -0.25) is 0 Å². The fourth-order valence-corrected chi connectivity index (χ4v) is 1.51. The summed E-state index contributed by atoms with van der Waals surface area (Å²) in [6, 6.07) is -2.56. The molecule has 3 unspecified atom stereocenters. The van der Waals surface area contributed by atoms with E-state index in [0.717, 1.165) is 6.29 Å². The van der Waals surface area contributed by atoms with Gasteiger partial charge in [-0.1, -0.05) is 19.0 Å². The Morgan fingerprint density at radius 2 is 1.85 bits per heavy atom. The lowest BCUT2D eigenvalue weighted by molar-refractivity contribution is -0.141. The number of rotatable bonds is 7. The van der Waals surface area contributed by atoms with Gasteiger partial charge in [0.05, 0.1) is 18.7 Å². The highest BCUT2D eigenvalue weighted by atomic mass is 16.5. The van der Waals surface area contributed by atoms with Crippen molar-refractivity contribution in [3.63, 3.8) is 0 Å². The van der Waals surface area contributed by atoms with Gasteiger partial charge < -0.3 is 35.9 Å². The number of aromatic nitrogens is 2. The Kier molecular flexibility index (Phi) is 13.8. The number of carboxylic acid groups (broad SMARTS) is 1. The summed E-state index contributed by atoms with van der Waals surface area (Å²) in [5, 5.41) is 26.3. The summed E-state index contributed by atoms with van der Waals surface area (Å²) in [6.45, 7) is 6.44. The number of carboxylic acids is 1. The van der Waals surface area contributed by atoms with Crippen molar-refractivity contribution in [3.05, 3.63) is 11.7 Å². The predicted octanol–water partition coefficient (Wildman–Crippen LogP) is -0.187. The Balaban J connectivity index is 0. The summed E-state index contributed by atoms with van der Waals surface area (Å²) in [4.78, 5) is 35.3. The normalized spacial score (nSPS) is 12.9. The summed E-state index contributed by atoms with van der Waals surface area (Å²) in [7, 11) is 0. The molecule has 0 spiro atoms. The molecule has 1 aromatic rings. The second-order valence-electron chi connectivity index (χ2n) is 5.44. The molecule has 27 heavy (non-hydrogen) atoms. The minimum Gasteiger partial charge on any atom is -0.480 e. The number of carbonyl (C=O) groups is 3. The summed E-state index contributed by atoms with van der Waals surface area (Å²) in [6.07, 6.45) is 7.52. The number of nitrogens with zero attached hydrogens (tertiary/aromatic N) is 2. The van der Waals surface area contributed by atoms with Crippen molar-refractivity contribution in [2.45, 2.75) is 52.4 Å². The fraction of sp³-hybridized carbons (Fsp3) is 0.562. The van der Waals surface area contributed by atoms with Gasteiger partial charge in [0, 0.05) is 0 Å². The summed E-state index contributed by atoms with van der Waals surface area (Å²) in [5.41, 5.74) is 5.86. The maximum atomic E-state index is 11.6. The van der Waals surface area contributed by atoms with E-state index in [1.54, 1.807) is 0 Å². The number of aliphatic hydroxyl groups excluding tert-OH is 1. The standard InChI is InChI=1S/C12H21N5O5.C2H4O.C2H2/c1-5(2)8(13)10-15-7(22-17-10)4-14-12(21)16-9(6(3)18)11(19)20;1-2-3;1-2/h5-6,8-9,18H,4,13H2,1-3H3,(H,19,20)(H2,14,16,21);2H,1H3;1-2H. The van der Waals surface area contributed by atoms with Crippen molar-refractivity contribution in [2.24, 2.45) is 11.7 Å². The molecule has 1 rings (SSSR count). The van der Waals surface area contributed by atoms with E-state index in [9.17, 15) is 14.7 Å².